The number of nitrogens with zero attached hydrogens (tertiary/aromatic N) is 1. The quantitative estimate of drug-likeness (QED) is 0.704. The number of hydrogen-bond donors (Lipinski definition) is 0. The molecule has 0 amide bonds. The summed E-state index contributed by atoms with van der Waals surface area (Å²) in [7, 11) is 0. The van der Waals surface area contributed by atoms with Crippen LogP contribution < -0.4 is 0 Å². The molecule has 1 aromatic carbocycles. The van der Waals surface area contributed by atoms with E-state index in [1.165, 1.54) is 5.56 Å². The average Bonchev–Trinajstić information content (AvgIpc) is 2.84. The van der Waals surface area contributed by atoms with Gasteiger partial charge in [-0.3, -0.25) is 0 Å². The molecule has 0 bridgehead atoms. The van der Waals surface area contributed by atoms with E-state index in [9.17, 15) is 0 Å². The summed E-state index contributed by atoms with van der Waals surface area (Å²) in [5.41, 5.74) is 2.23. The molecule has 4 heteroatoms. The zero-order valence-electron chi connectivity index (χ0n) is 10.9. The number of benzene rings is 1. The van der Waals surface area contributed by atoms with Gasteiger partial charge in [-0.15, -0.1) is 34.5 Å². The molecule has 0 radical (unpaired) electrons. The maximum Gasteiger partial charge on any atom is 0.0934 e. The highest BCUT2D eigenvalue weighted by atomic mass is 35.5. The molecule has 0 spiro atoms. The van der Waals surface area contributed by atoms with Crippen molar-refractivity contribution in [2.45, 2.75) is 19.8 Å². The Bertz CT molecular complexity index is 506. The maximum absolute atomic E-state index is 6.22. The molecule has 0 unspecified atom stereocenters. The topological polar surface area (TPSA) is 12.9 Å². The predicted octanol–water partition coefficient (Wildman–Crippen LogP) is 4.70. The van der Waals surface area contributed by atoms with Crippen molar-refractivity contribution in [3.63, 3.8) is 0 Å². The van der Waals surface area contributed by atoms with E-state index in [0.717, 1.165) is 23.5 Å². The average molecular weight is 314 g/mol. The van der Waals surface area contributed by atoms with E-state index in [0.29, 0.717) is 11.8 Å². The van der Waals surface area contributed by atoms with Gasteiger partial charge in [0, 0.05) is 34.7 Å². The normalized spacial score (nSPS) is 11.7. The molecule has 19 heavy (non-hydrogen) atoms. The van der Waals surface area contributed by atoms with E-state index < -0.39 is 0 Å². The van der Waals surface area contributed by atoms with Crippen LogP contribution in [-0.2, 0) is 12.8 Å². The number of rotatable bonds is 6. The van der Waals surface area contributed by atoms with E-state index in [1.54, 1.807) is 11.3 Å². The van der Waals surface area contributed by atoms with Gasteiger partial charge < -0.3 is 0 Å². The van der Waals surface area contributed by atoms with Gasteiger partial charge in [0.15, 0.2) is 0 Å². The second-order valence-electron chi connectivity index (χ2n) is 4.99. The Hall–Kier alpha value is -0.570. The molecule has 102 valence electrons. The summed E-state index contributed by atoms with van der Waals surface area (Å²) >= 11 is 14.1. The van der Waals surface area contributed by atoms with Crippen molar-refractivity contribution in [3.8, 4) is 0 Å². The molecule has 1 heterocycles. The Morgan fingerprint density at radius 3 is 2.32 bits per heavy atom. The van der Waals surface area contributed by atoms with Gasteiger partial charge in [0.2, 0.25) is 0 Å². The third kappa shape index (κ3) is 3.95. The Labute approximate surface area is 128 Å². The van der Waals surface area contributed by atoms with Crippen LogP contribution in [0.2, 0.25) is 0 Å². The van der Waals surface area contributed by atoms with Gasteiger partial charge in [0.25, 0.3) is 0 Å². The van der Waals surface area contributed by atoms with E-state index in [4.69, 9.17) is 23.2 Å². The number of halogens is 2. The van der Waals surface area contributed by atoms with Crippen LogP contribution in [0.1, 0.15) is 16.3 Å². The molecule has 2 aromatic rings. The number of aromatic nitrogens is 1. The molecule has 0 aliphatic heterocycles. The summed E-state index contributed by atoms with van der Waals surface area (Å²) in [6, 6.07) is 10.4. The minimum absolute atomic E-state index is 0.116. The van der Waals surface area contributed by atoms with E-state index in [-0.39, 0.29) is 5.41 Å². The molecule has 1 aromatic heterocycles. The van der Waals surface area contributed by atoms with Crippen molar-refractivity contribution in [1.82, 2.24) is 4.98 Å². The number of hydrogen-bond acceptors (Lipinski definition) is 2. The zero-order valence-corrected chi connectivity index (χ0v) is 13.2. The smallest absolute Gasteiger partial charge is 0.0934 e. The summed E-state index contributed by atoms with van der Waals surface area (Å²) in [6.07, 6.45) is 1.73. The van der Waals surface area contributed by atoms with Crippen LogP contribution in [0.4, 0.5) is 0 Å². The van der Waals surface area contributed by atoms with E-state index in [2.05, 4.69) is 34.6 Å². The van der Waals surface area contributed by atoms with Gasteiger partial charge in [0.1, 0.15) is 0 Å². The van der Waals surface area contributed by atoms with Gasteiger partial charge in [-0.25, -0.2) is 4.98 Å². The van der Waals surface area contributed by atoms with Crippen LogP contribution in [0.3, 0.4) is 0 Å². The first kappa shape index (κ1) is 14.8. The van der Waals surface area contributed by atoms with Crippen molar-refractivity contribution in [3.05, 3.63) is 52.0 Å². The maximum atomic E-state index is 6.22. The summed E-state index contributed by atoms with van der Waals surface area (Å²) < 4.78 is 0. The molecule has 0 saturated heterocycles. The fourth-order valence-electron chi connectivity index (χ4n) is 2.12. The second kappa shape index (κ2) is 6.74. The lowest BCUT2D eigenvalue weighted by Gasteiger charge is -2.28. The lowest BCUT2D eigenvalue weighted by atomic mass is 9.82. The molecule has 2 rings (SSSR count). The van der Waals surface area contributed by atoms with Crippen molar-refractivity contribution in [2.75, 3.05) is 11.8 Å². The summed E-state index contributed by atoms with van der Waals surface area (Å²) in [4.78, 5) is 4.53. The fraction of sp³-hybridized carbons (Fsp3) is 0.400. The van der Waals surface area contributed by atoms with E-state index in [1.807, 2.05) is 13.0 Å². The lowest BCUT2D eigenvalue weighted by molar-refractivity contribution is 0.373. The number of aryl methyl sites for hydroxylation is 1. The Balaban J connectivity index is 2.17. The molecule has 0 aliphatic rings. The largest absolute Gasteiger partial charge is 0.247 e. The first-order valence-electron chi connectivity index (χ1n) is 6.24. The van der Waals surface area contributed by atoms with Crippen LogP contribution in [0.25, 0.3) is 0 Å². The van der Waals surface area contributed by atoms with Crippen molar-refractivity contribution in [2.24, 2.45) is 5.41 Å². The van der Waals surface area contributed by atoms with Gasteiger partial charge in [-0.2, -0.15) is 0 Å². The standard InChI is InChI=1S/C15H17Cl2NS/c1-12-9-19-14(18-12)8-15(10-16,11-17)7-13-5-3-2-4-6-13/h2-6,9H,7-8,10-11H2,1H3. The van der Waals surface area contributed by atoms with Crippen LogP contribution in [0.15, 0.2) is 35.7 Å². The minimum atomic E-state index is -0.116. The summed E-state index contributed by atoms with van der Waals surface area (Å²) in [5, 5.41) is 3.19. The third-order valence-corrected chi connectivity index (χ3v) is 5.28. The first-order valence-corrected chi connectivity index (χ1v) is 8.19. The molecule has 1 nitrogen and oxygen atoms in total. The van der Waals surface area contributed by atoms with Gasteiger partial charge in [-0.1, -0.05) is 30.3 Å². The van der Waals surface area contributed by atoms with Crippen LogP contribution in [-0.4, -0.2) is 16.7 Å². The van der Waals surface area contributed by atoms with Gasteiger partial charge in [-0.05, 0) is 18.9 Å². The fourth-order valence-corrected chi connectivity index (χ4v) is 3.73. The van der Waals surface area contributed by atoms with Gasteiger partial charge in [0.05, 0.1) is 5.01 Å². The Morgan fingerprint density at radius 2 is 1.79 bits per heavy atom. The monoisotopic (exact) mass is 313 g/mol. The molecule has 0 N–H and O–H groups in total. The van der Waals surface area contributed by atoms with Gasteiger partial charge >= 0.3 is 0 Å². The highest BCUT2D eigenvalue weighted by molar-refractivity contribution is 7.09. The van der Waals surface area contributed by atoms with E-state index >= 15 is 0 Å². The Morgan fingerprint density at radius 1 is 1.11 bits per heavy atom. The highest BCUT2D eigenvalue weighted by Crippen LogP contribution is 2.32. The van der Waals surface area contributed by atoms with Crippen LogP contribution >= 0.6 is 34.5 Å². The molecular formula is C15H17Cl2NS. The predicted molar refractivity (Wildman–Crippen MR) is 84.6 cm³/mol. The van der Waals surface area contributed by atoms with Crippen molar-refractivity contribution in [1.29, 1.82) is 0 Å². The van der Waals surface area contributed by atoms with Crippen LogP contribution in [0, 0.1) is 12.3 Å². The lowest BCUT2D eigenvalue weighted by Crippen LogP contribution is -2.30. The minimum Gasteiger partial charge on any atom is -0.247 e. The number of thiazole rings is 1. The third-order valence-electron chi connectivity index (χ3n) is 3.18. The van der Waals surface area contributed by atoms with Crippen LogP contribution in [0.5, 0.6) is 0 Å². The first-order chi connectivity index (χ1) is 9.17. The SMILES string of the molecule is Cc1csc(CC(CCl)(CCl)Cc2ccccc2)n1. The Kier molecular flexibility index (Phi) is 5.26. The molecule has 0 atom stereocenters. The summed E-state index contributed by atoms with van der Waals surface area (Å²) in [6.45, 7) is 2.01. The highest BCUT2D eigenvalue weighted by Gasteiger charge is 2.30. The molecule has 0 saturated carbocycles. The molecular weight excluding hydrogens is 297 g/mol. The van der Waals surface area contributed by atoms with Crippen molar-refractivity contribution < 1.29 is 0 Å². The van der Waals surface area contributed by atoms with Crippen molar-refractivity contribution >= 4 is 34.5 Å². The molecule has 0 fully saturated rings. The number of alkyl halides is 2. The summed E-state index contributed by atoms with van der Waals surface area (Å²) in [5.74, 6) is 1.09. The second-order valence-corrected chi connectivity index (χ2v) is 6.47. The molecule has 0 aliphatic carbocycles. The zero-order chi connectivity index (χ0) is 13.7.